The topological polar surface area (TPSA) is 68.8 Å². The predicted molar refractivity (Wildman–Crippen MR) is 83.6 cm³/mol. The number of nitrogens with zero attached hydrogens (tertiary/aromatic N) is 4. The van der Waals surface area contributed by atoms with Gasteiger partial charge < -0.3 is 14.4 Å². The monoisotopic (exact) mass is 303 g/mol. The first kappa shape index (κ1) is 15.2. The van der Waals surface area contributed by atoms with Crippen LogP contribution in [0.15, 0.2) is 4.52 Å². The maximum Gasteiger partial charge on any atom is 0.138 e. The first-order valence-electron chi connectivity index (χ1n) is 8.10. The minimum atomic E-state index is 0.426. The number of aromatic nitrogens is 4. The highest BCUT2D eigenvalue weighted by molar-refractivity contribution is 5.20. The Morgan fingerprint density at radius 1 is 1.32 bits per heavy atom. The fourth-order valence-corrected chi connectivity index (χ4v) is 3.17. The van der Waals surface area contributed by atoms with Crippen LogP contribution in [-0.4, -0.2) is 26.5 Å². The van der Waals surface area contributed by atoms with E-state index in [2.05, 4.69) is 39.1 Å². The second-order valence-corrected chi connectivity index (χ2v) is 6.58. The van der Waals surface area contributed by atoms with Crippen LogP contribution in [0, 0.1) is 19.8 Å². The molecule has 0 fully saturated rings. The molecule has 3 rings (SSSR count). The quantitative estimate of drug-likeness (QED) is 0.918. The van der Waals surface area contributed by atoms with Gasteiger partial charge in [-0.25, -0.2) is 0 Å². The van der Waals surface area contributed by atoms with Gasteiger partial charge in [-0.2, -0.15) is 0 Å². The van der Waals surface area contributed by atoms with Crippen molar-refractivity contribution in [3.8, 4) is 0 Å². The van der Waals surface area contributed by atoms with E-state index in [0.29, 0.717) is 11.8 Å². The number of fused-ring (bicyclic) bond motifs is 1. The number of hydrogen-bond acceptors (Lipinski definition) is 5. The molecule has 0 aromatic carbocycles. The van der Waals surface area contributed by atoms with E-state index in [0.717, 1.165) is 49.2 Å². The van der Waals surface area contributed by atoms with Gasteiger partial charge in [0, 0.05) is 31.0 Å². The van der Waals surface area contributed by atoms with Crippen molar-refractivity contribution in [3.63, 3.8) is 0 Å². The van der Waals surface area contributed by atoms with Gasteiger partial charge >= 0.3 is 0 Å². The normalized spacial score (nSPS) is 18.0. The third-order valence-electron chi connectivity index (χ3n) is 4.51. The summed E-state index contributed by atoms with van der Waals surface area (Å²) in [5.41, 5.74) is 2.17. The van der Waals surface area contributed by atoms with Gasteiger partial charge in [0.25, 0.3) is 0 Å². The maximum atomic E-state index is 5.21. The van der Waals surface area contributed by atoms with Crippen molar-refractivity contribution in [2.24, 2.45) is 5.92 Å². The smallest absolute Gasteiger partial charge is 0.138 e. The molecule has 120 valence electrons. The Labute approximate surface area is 131 Å². The molecule has 6 nitrogen and oxygen atoms in total. The lowest BCUT2D eigenvalue weighted by atomic mass is 9.98. The SMILES string of the molecule is Cc1noc(C)c1CNC[C@H]1CCc2nnc(C(C)C)n2C1. The molecule has 0 saturated carbocycles. The van der Waals surface area contributed by atoms with Crippen LogP contribution in [-0.2, 0) is 19.5 Å². The molecule has 2 aromatic heterocycles. The van der Waals surface area contributed by atoms with Crippen LogP contribution in [0.5, 0.6) is 0 Å². The van der Waals surface area contributed by atoms with E-state index in [1.54, 1.807) is 0 Å². The van der Waals surface area contributed by atoms with Crippen molar-refractivity contribution in [2.45, 2.75) is 59.5 Å². The highest BCUT2D eigenvalue weighted by atomic mass is 16.5. The first-order chi connectivity index (χ1) is 10.6. The van der Waals surface area contributed by atoms with Crippen molar-refractivity contribution in [2.75, 3.05) is 6.54 Å². The third-order valence-corrected chi connectivity index (χ3v) is 4.51. The molecule has 0 bridgehead atoms. The van der Waals surface area contributed by atoms with E-state index < -0.39 is 0 Å². The number of nitrogens with one attached hydrogen (secondary N) is 1. The largest absolute Gasteiger partial charge is 0.361 e. The van der Waals surface area contributed by atoms with Crippen LogP contribution in [0.2, 0.25) is 0 Å². The van der Waals surface area contributed by atoms with Crippen LogP contribution in [0.3, 0.4) is 0 Å². The standard InChI is InChI=1S/C16H25N5O/c1-10(2)16-19-18-15-6-5-13(9-21(15)16)7-17-8-14-11(3)20-22-12(14)4/h10,13,17H,5-9H2,1-4H3/t13-/m1/s1. The molecule has 0 radical (unpaired) electrons. The predicted octanol–water partition coefficient (Wildman–Crippen LogP) is 2.36. The van der Waals surface area contributed by atoms with E-state index in [9.17, 15) is 0 Å². The van der Waals surface area contributed by atoms with Gasteiger partial charge in [0.2, 0.25) is 0 Å². The average Bonchev–Trinajstić information content (AvgIpc) is 3.04. The second kappa shape index (κ2) is 6.20. The molecule has 2 aromatic rings. The van der Waals surface area contributed by atoms with E-state index in [1.165, 1.54) is 12.0 Å². The molecule has 1 aliphatic heterocycles. The highest BCUT2D eigenvalue weighted by Gasteiger charge is 2.23. The molecule has 22 heavy (non-hydrogen) atoms. The molecule has 3 heterocycles. The molecule has 1 aliphatic rings. The van der Waals surface area contributed by atoms with Crippen molar-refractivity contribution >= 4 is 0 Å². The van der Waals surface area contributed by atoms with Crippen LogP contribution >= 0.6 is 0 Å². The maximum absolute atomic E-state index is 5.21. The van der Waals surface area contributed by atoms with E-state index in [1.807, 2.05) is 13.8 Å². The molecule has 0 amide bonds. The molecule has 0 saturated heterocycles. The van der Waals surface area contributed by atoms with Crippen molar-refractivity contribution in [3.05, 3.63) is 28.7 Å². The Balaban J connectivity index is 1.58. The average molecular weight is 303 g/mol. The number of hydrogen-bond donors (Lipinski definition) is 1. The van der Waals surface area contributed by atoms with Gasteiger partial charge in [0.1, 0.15) is 17.4 Å². The fraction of sp³-hybridized carbons (Fsp3) is 0.688. The van der Waals surface area contributed by atoms with Crippen molar-refractivity contribution in [1.29, 1.82) is 0 Å². The van der Waals surface area contributed by atoms with Crippen molar-refractivity contribution in [1.82, 2.24) is 25.2 Å². The zero-order valence-corrected chi connectivity index (χ0v) is 13.9. The summed E-state index contributed by atoms with van der Waals surface area (Å²) >= 11 is 0. The molecular weight excluding hydrogens is 278 g/mol. The molecule has 6 heteroatoms. The summed E-state index contributed by atoms with van der Waals surface area (Å²) in [6.07, 6.45) is 2.20. The van der Waals surface area contributed by atoms with Crippen LogP contribution in [0.1, 0.15) is 54.9 Å². The van der Waals surface area contributed by atoms with Gasteiger partial charge in [-0.3, -0.25) is 0 Å². The zero-order valence-electron chi connectivity index (χ0n) is 13.9. The Morgan fingerprint density at radius 3 is 2.82 bits per heavy atom. The summed E-state index contributed by atoms with van der Waals surface area (Å²) in [5.74, 6) is 4.23. The van der Waals surface area contributed by atoms with Gasteiger partial charge in [-0.15, -0.1) is 10.2 Å². The lowest BCUT2D eigenvalue weighted by Gasteiger charge is -2.25. The minimum absolute atomic E-state index is 0.426. The van der Waals surface area contributed by atoms with Crippen LogP contribution < -0.4 is 5.32 Å². The fourth-order valence-electron chi connectivity index (χ4n) is 3.17. The summed E-state index contributed by atoms with van der Waals surface area (Å²) < 4.78 is 7.52. The van der Waals surface area contributed by atoms with E-state index >= 15 is 0 Å². The molecule has 0 spiro atoms. The van der Waals surface area contributed by atoms with Crippen LogP contribution in [0.25, 0.3) is 0 Å². The minimum Gasteiger partial charge on any atom is -0.361 e. The van der Waals surface area contributed by atoms with Gasteiger partial charge in [0.05, 0.1) is 5.69 Å². The number of aryl methyl sites for hydroxylation is 3. The Hall–Kier alpha value is -1.69. The Kier molecular flexibility index (Phi) is 4.29. The Bertz CT molecular complexity index is 624. The first-order valence-corrected chi connectivity index (χ1v) is 8.10. The summed E-state index contributed by atoms with van der Waals surface area (Å²) in [7, 11) is 0. The van der Waals surface area contributed by atoms with Crippen molar-refractivity contribution < 1.29 is 4.52 Å². The van der Waals surface area contributed by atoms with Crippen LogP contribution in [0.4, 0.5) is 0 Å². The third kappa shape index (κ3) is 2.92. The van der Waals surface area contributed by atoms with Gasteiger partial charge in [-0.05, 0) is 32.7 Å². The van der Waals surface area contributed by atoms with E-state index in [-0.39, 0.29) is 0 Å². The van der Waals surface area contributed by atoms with Gasteiger partial charge in [-0.1, -0.05) is 19.0 Å². The molecule has 1 N–H and O–H groups in total. The molecule has 1 atom stereocenters. The zero-order chi connectivity index (χ0) is 15.7. The number of rotatable bonds is 5. The highest BCUT2D eigenvalue weighted by Crippen LogP contribution is 2.23. The summed E-state index contributed by atoms with van der Waals surface area (Å²) in [6.45, 7) is 11.2. The van der Waals surface area contributed by atoms with E-state index in [4.69, 9.17) is 4.52 Å². The lowest BCUT2D eigenvalue weighted by molar-refractivity contribution is 0.339. The molecular formula is C16H25N5O. The van der Waals surface area contributed by atoms with Gasteiger partial charge in [0.15, 0.2) is 0 Å². The second-order valence-electron chi connectivity index (χ2n) is 6.58. The summed E-state index contributed by atoms with van der Waals surface area (Å²) in [4.78, 5) is 0. The lowest BCUT2D eigenvalue weighted by Crippen LogP contribution is -2.31. The molecule has 0 aliphatic carbocycles. The Morgan fingerprint density at radius 2 is 2.14 bits per heavy atom. The summed E-state index contributed by atoms with van der Waals surface area (Å²) in [6, 6.07) is 0. The summed E-state index contributed by atoms with van der Waals surface area (Å²) in [5, 5.41) is 16.2. The molecule has 0 unspecified atom stereocenters.